The summed E-state index contributed by atoms with van der Waals surface area (Å²) in [6.45, 7) is 0. The second-order valence-corrected chi connectivity index (χ2v) is 5.76. The molecule has 2 rings (SSSR count). The lowest BCUT2D eigenvalue weighted by Gasteiger charge is -2.16. The fraction of sp³-hybridized carbons (Fsp3) is 0.143. The Bertz CT molecular complexity index is 649. The van der Waals surface area contributed by atoms with Gasteiger partial charge in [-0.25, -0.2) is 8.78 Å². The summed E-state index contributed by atoms with van der Waals surface area (Å²) in [6.07, 6.45) is 0. The number of benzene rings is 2. The van der Waals surface area contributed by atoms with Gasteiger partial charge in [-0.2, -0.15) is 0 Å². The molecule has 0 aliphatic heterocycles. The Balaban J connectivity index is 2.55. The second kappa shape index (κ2) is 6.29. The molecule has 0 amide bonds. The molecule has 0 saturated heterocycles. The summed E-state index contributed by atoms with van der Waals surface area (Å²) >= 11 is 15.2. The molecule has 0 spiro atoms. The first-order valence-electron chi connectivity index (χ1n) is 5.56. The van der Waals surface area contributed by atoms with Gasteiger partial charge in [0.25, 0.3) is 0 Å². The van der Waals surface area contributed by atoms with Crippen LogP contribution in [-0.4, -0.2) is 7.11 Å². The summed E-state index contributed by atoms with van der Waals surface area (Å²) in [5.74, 6) is -0.733. The molecule has 6 heteroatoms. The van der Waals surface area contributed by atoms with E-state index in [1.807, 2.05) is 0 Å². The molecule has 1 unspecified atom stereocenters. The van der Waals surface area contributed by atoms with E-state index >= 15 is 0 Å². The quantitative estimate of drug-likeness (QED) is 0.618. The smallest absolute Gasteiger partial charge is 0.141 e. The molecule has 0 aromatic heterocycles. The van der Waals surface area contributed by atoms with Crippen molar-refractivity contribution in [3.63, 3.8) is 0 Å². The Morgan fingerprint density at radius 1 is 1.10 bits per heavy atom. The number of halogens is 5. The first kappa shape index (κ1) is 15.5. The predicted molar refractivity (Wildman–Crippen MR) is 79.8 cm³/mol. The summed E-state index contributed by atoms with van der Waals surface area (Å²) in [5, 5.41) is -0.479. The highest BCUT2D eigenvalue weighted by molar-refractivity contribution is 9.10. The molecule has 0 saturated carbocycles. The van der Waals surface area contributed by atoms with Crippen LogP contribution in [0.2, 0.25) is 5.02 Å². The highest BCUT2D eigenvalue weighted by atomic mass is 79.9. The fourth-order valence-corrected chi connectivity index (χ4v) is 2.67. The van der Waals surface area contributed by atoms with Crippen LogP contribution in [0, 0.1) is 11.6 Å². The molecular formula is C14H9BrCl2F2O. The van der Waals surface area contributed by atoms with Gasteiger partial charge < -0.3 is 4.74 Å². The van der Waals surface area contributed by atoms with Gasteiger partial charge >= 0.3 is 0 Å². The third-order valence-corrected chi connectivity index (χ3v) is 4.09. The van der Waals surface area contributed by atoms with Gasteiger partial charge in [0.1, 0.15) is 17.4 Å². The van der Waals surface area contributed by atoms with Crippen molar-refractivity contribution in [2.45, 2.75) is 5.38 Å². The summed E-state index contributed by atoms with van der Waals surface area (Å²) < 4.78 is 32.7. The predicted octanol–water partition coefficient (Wildman–Crippen LogP) is 5.72. The lowest BCUT2D eigenvalue weighted by atomic mass is 10.0. The SMILES string of the molecule is COc1cc(F)c(Br)cc1C(Cl)c1cc(Cl)ccc1F. The molecule has 0 aliphatic carbocycles. The van der Waals surface area contributed by atoms with E-state index in [2.05, 4.69) is 15.9 Å². The average Bonchev–Trinajstić information content (AvgIpc) is 2.43. The van der Waals surface area contributed by atoms with Crippen LogP contribution in [0.1, 0.15) is 16.5 Å². The lowest BCUT2D eigenvalue weighted by Crippen LogP contribution is -2.01. The van der Waals surface area contributed by atoms with Gasteiger partial charge in [-0.05, 0) is 40.2 Å². The Labute approximate surface area is 133 Å². The van der Waals surface area contributed by atoms with Crippen molar-refractivity contribution >= 4 is 39.1 Å². The van der Waals surface area contributed by atoms with Crippen LogP contribution in [0.3, 0.4) is 0 Å². The standard InChI is InChI=1S/C14H9BrCl2F2O/c1-20-13-6-12(19)10(15)5-9(13)14(17)8-4-7(16)2-3-11(8)18/h2-6,14H,1H3. The van der Waals surface area contributed by atoms with Crippen LogP contribution in [0.4, 0.5) is 8.78 Å². The first-order chi connectivity index (χ1) is 9.43. The summed E-state index contributed by atoms with van der Waals surface area (Å²) in [5.41, 5.74) is 0.652. The van der Waals surface area contributed by atoms with Crippen molar-refractivity contribution in [1.29, 1.82) is 0 Å². The lowest BCUT2D eigenvalue weighted by molar-refractivity contribution is 0.406. The average molecular weight is 382 g/mol. The van der Waals surface area contributed by atoms with Crippen molar-refractivity contribution in [2.24, 2.45) is 0 Å². The minimum absolute atomic E-state index is 0.205. The Hall–Kier alpha value is -0.840. The minimum atomic E-state index is -0.847. The van der Waals surface area contributed by atoms with Crippen molar-refractivity contribution in [3.05, 3.63) is 62.6 Å². The zero-order chi connectivity index (χ0) is 14.9. The Morgan fingerprint density at radius 2 is 1.80 bits per heavy atom. The van der Waals surface area contributed by atoms with E-state index in [0.717, 1.165) is 0 Å². The van der Waals surface area contributed by atoms with Crippen LogP contribution >= 0.6 is 39.1 Å². The molecule has 2 aromatic carbocycles. The van der Waals surface area contributed by atoms with Gasteiger partial charge in [-0.15, -0.1) is 11.6 Å². The van der Waals surface area contributed by atoms with Crippen molar-refractivity contribution in [2.75, 3.05) is 7.11 Å². The number of hydrogen-bond donors (Lipinski definition) is 0. The fourth-order valence-electron chi connectivity index (χ4n) is 1.80. The summed E-state index contributed by atoms with van der Waals surface area (Å²) in [4.78, 5) is 0. The number of methoxy groups -OCH3 is 1. The molecule has 0 N–H and O–H groups in total. The van der Waals surface area contributed by atoms with Crippen LogP contribution in [-0.2, 0) is 0 Å². The molecule has 0 fully saturated rings. The van der Waals surface area contributed by atoms with E-state index in [9.17, 15) is 8.78 Å². The maximum atomic E-state index is 13.9. The summed E-state index contributed by atoms with van der Waals surface area (Å²) in [6, 6.07) is 6.76. The number of ether oxygens (including phenoxy) is 1. The third kappa shape index (κ3) is 3.08. The number of rotatable bonds is 3. The monoisotopic (exact) mass is 380 g/mol. The van der Waals surface area contributed by atoms with E-state index in [0.29, 0.717) is 10.6 Å². The Morgan fingerprint density at radius 3 is 2.45 bits per heavy atom. The Kier molecular flexibility index (Phi) is 4.89. The van der Waals surface area contributed by atoms with E-state index in [1.54, 1.807) is 0 Å². The molecule has 1 atom stereocenters. The largest absolute Gasteiger partial charge is 0.496 e. The van der Waals surface area contributed by atoms with E-state index < -0.39 is 17.0 Å². The van der Waals surface area contributed by atoms with Crippen molar-refractivity contribution in [1.82, 2.24) is 0 Å². The van der Waals surface area contributed by atoms with Crippen molar-refractivity contribution in [3.8, 4) is 5.75 Å². The molecule has 0 aliphatic rings. The van der Waals surface area contributed by atoms with Crippen LogP contribution in [0.25, 0.3) is 0 Å². The van der Waals surface area contributed by atoms with Crippen LogP contribution < -0.4 is 4.74 Å². The zero-order valence-corrected chi connectivity index (χ0v) is 13.4. The van der Waals surface area contributed by atoms with Crippen LogP contribution in [0.15, 0.2) is 34.8 Å². The first-order valence-corrected chi connectivity index (χ1v) is 7.16. The topological polar surface area (TPSA) is 9.23 Å². The maximum absolute atomic E-state index is 13.9. The molecular weight excluding hydrogens is 373 g/mol. The molecule has 0 radical (unpaired) electrons. The second-order valence-electron chi connectivity index (χ2n) is 4.04. The normalized spacial score (nSPS) is 12.3. The van der Waals surface area contributed by atoms with E-state index in [1.165, 1.54) is 37.4 Å². The molecule has 0 heterocycles. The van der Waals surface area contributed by atoms with Gasteiger partial charge in [0.05, 0.1) is 17.0 Å². The maximum Gasteiger partial charge on any atom is 0.141 e. The zero-order valence-electron chi connectivity index (χ0n) is 10.3. The van der Waals surface area contributed by atoms with Crippen LogP contribution in [0.5, 0.6) is 5.75 Å². The molecule has 1 nitrogen and oxygen atoms in total. The summed E-state index contributed by atoms with van der Waals surface area (Å²) in [7, 11) is 1.39. The van der Waals surface area contributed by atoms with Crippen molar-refractivity contribution < 1.29 is 13.5 Å². The van der Waals surface area contributed by atoms with Gasteiger partial charge in [0.2, 0.25) is 0 Å². The molecule has 106 valence electrons. The third-order valence-electron chi connectivity index (χ3n) is 2.78. The number of hydrogen-bond acceptors (Lipinski definition) is 1. The van der Waals surface area contributed by atoms with Gasteiger partial charge in [0, 0.05) is 22.2 Å². The van der Waals surface area contributed by atoms with Gasteiger partial charge in [-0.3, -0.25) is 0 Å². The highest BCUT2D eigenvalue weighted by Crippen LogP contribution is 2.39. The minimum Gasteiger partial charge on any atom is -0.496 e. The van der Waals surface area contributed by atoms with Gasteiger partial charge in [0.15, 0.2) is 0 Å². The molecule has 0 bridgehead atoms. The highest BCUT2D eigenvalue weighted by Gasteiger charge is 2.21. The van der Waals surface area contributed by atoms with Gasteiger partial charge in [-0.1, -0.05) is 11.6 Å². The van der Waals surface area contributed by atoms with E-state index in [-0.39, 0.29) is 15.8 Å². The number of alkyl halides is 1. The molecule has 2 aromatic rings. The van der Waals surface area contributed by atoms with E-state index in [4.69, 9.17) is 27.9 Å². The molecule has 20 heavy (non-hydrogen) atoms.